The van der Waals surface area contributed by atoms with Crippen LogP contribution in [-0.2, 0) is 10.0 Å². The number of piperazine rings is 1. The Hall–Kier alpha value is -2.10. The summed E-state index contributed by atoms with van der Waals surface area (Å²) in [6.45, 7) is 3.83. The number of likely N-dealkylation sites (N-methyl/N-ethyl adjacent to an activating group) is 1. The summed E-state index contributed by atoms with van der Waals surface area (Å²) >= 11 is 6.17. The van der Waals surface area contributed by atoms with Crippen LogP contribution in [0.2, 0.25) is 0 Å². The molecule has 2 aromatic rings. The quantitative estimate of drug-likeness (QED) is 0.611. The van der Waals surface area contributed by atoms with Crippen molar-refractivity contribution in [1.29, 1.82) is 0 Å². The van der Waals surface area contributed by atoms with Crippen molar-refractivity contribution in [3.05, 3.63) is 47.5 Å². The van der Waals surface area contributed by atoms with Crippen molar-refractivity contribution in [2.45, 2.75) is 25.4 Å². The van der Waals surface area contributed by atoms with Crippen molar-refractivity contribution < 1.29 is 21.9 Å². The average Bonchev–Trinajstić information content (AvgIpc) is 2.69. The van der Waals surface area contributed by atoms with E-state index in [1.807, 2.05) is 14.0 Å². The van der Waals surface area contributed by atoms with Crippen LogP contribution in [-0.4, -0.2) is 53.2 Å². The summed E-state index contributed by atoms with van der Waals surface area (Å²) < 4.78 is 56.5. The van der Waals surface area contributed by atoms with Crippen LogP contribution >= 0.6 is 11.8 Å². The highest BCUT2D eigenvalue weighted by atomic mass is 35.5. The first kappa shape index (κ1) is 22.6. The van der Waals surface area contributed by atoms with Crippen LogP contribution in [0.15, 0.2) is 41.3 Å². The van der Waals surface area contributed by atoms with E-state index in [1.54, 1.807) is 19.1 Å². The third-order valence-electron chi connectivity index (χ3n) is 5.12. The van der Waals surface area contributed by atoms with Gasteiger partial charge >= 0.3 is 6.61 Å². The number of hydrogen-bond acceptors (Lipinski definition) is 5. The fourth-order valence-electron chi connectivity index (χ4n) is 3.29. The van der Waals surface area contributed by atoms with Gasteiger partial charge in [-0.2, -0.15) is 21.0 Å². The predicted octanol–water partition coefficient (Wildman–Crippen LogP) is 4.01. The molecule has 1 heterocycles. The van der Waals surface area contributed by atoms with Gasteiger partial charge in [0.2, 0.25) is 0 Å². The largest absolute Gasteiger partial charge is 0.434 e. The molecule has 0 spiro atoms. The van der Waals surface area contributed by atoms with Crippen molar-refractivity contribution in [3.8, 4) is 5.75 Å². The number of rotatable bonds is 6. The normalized spacial score (nSPS) is 15.5. The highest BCUT2D eigenvalue weighted by molar-refractivity contribution is 7.94. The third kappa shape index (κ3) is 4.79. The molecule has 0 unspecified atom stereocenters. The second-order valence-electron chi connectivity index (χ2n) is 7.29. The molecule has 1 aliphatic heterocycles. The van der Waals surface area contributed by atoms with Crippen molar-refractivity contribution in [2.24, 2.45) is 0 Å². The van der Waals surface area contributed by atoms with E-state index in [4.69, 9.17) is 11.8 Å². The van der Waals surface area contributed by atoms with Gasteiger partial charge in [-0.3, -0.25) is 0 Å². The van der Waals surface area contributed by atoms with Crippen LogP contribution in [0.25, 0.3) is 0 Å². The van der Waals surface area contributed by atoms with Crippen LogP contribution in [0.3, 0.4) is 0 Å². The van der Waals surface area contributed by atoms with E-state index in [2.05, 4.69) is 14.5 Å². The van der Waals surface area contributed by atoms with E-state index in [0.717, 1.165) is 37.4 Å². The Bertz CT molecular complexity index is 1010. The lowest BCUT2D eigenvalue weighted by atomic mass is 10.1. The maximum absolute atomic E-state index is 13.1. The molecule has 0 aromatic heterocycles. The van der Waals surface area contributed by atoms with Gasteiger partial charge in [-0.1, -0.05) is 12.1 Å². The molecule has 0 bridgehead atoms. The number of alkyl halides is 2. The summed E-state index contributed by atoms with van der Waals surface area (Å²) in [6, 6.07) is 8.93. The molecular weight excluding hydrogens is 436 g/mol. The van der Waals surface area contributed by atoms with Gasteiger partial charge in [0.1, 0.15) is 5.75 Å². The lowest BCUT2D eigenvalue weighted by Crippen LogP contribution is -2.44. The van der Waals surface area contributed by atoms with Crippen molar-refractivity contribution in [1.82, 2.24) is 4.90 Å². The monoisotopic (exact) mass is 459 g/mol. The average molecular weight is 460 g/mol. The minimum absolute atomic E-state index is 0.0136. The maximum atomic E-state index is 13.1. The molecule has 2 aromatic carbocycles. The highest BCUT2D eigenvalue weighted by Gasteiger charge is 2.26. The lowest BCUT2D eigenvalue weighted by molar-refractivity contribution is -0.0502. The molecule has 164 valence electrons. The zero-order chi connectivity index (χ0) is 22.1. The summed E-state index contributed by atoms with van der Waals surface area (Å²) in [5, 5.41) is 0. The molecule has 3 rings (SSSR count). The van der Waals surface area contributed by atoms with Crippen LogP contribution < -0.4 is 13.5 Å². The Labute approximate surface area is 180 Å². The summed E-state index contributed by atoms with van der Waals surface area (Å²) in [5.41, 5.74) is 2.25. The highest BCUT2D eigenvalue weighted by Crippen LogP contribution is 2.33. The first-order valence-electron chi connectivity index (χ1n) is 9.40. The number of aryl methyl sites for hydroxylation is 2. The smallest absolute Gasteiger partial charge is 0.387 e. The van der Waals surface area contributed by atoms with Gasteiger partial charge in [-0.25, -0.2) is 0 Å². The second kappa shape index (κ2) is 8.95. The predicted molar refractivity (Wildman–Crippen MR) is 114 cm³/mol. The van der Waals surface area contributed by atoms with E-state index in [9.17, 15) is 17.2 Å². The molecule has 1 fully saturated rings. The van der Waals surface area contributed by atoms with Gasteiger partial charge in [-0.15, -0.1) is 0 Å². The Morgan fingerprint density at radius 1 is 1.03 bits per heavy atom. The van der Waals surface area contributed by atoms with Gasteiger partial charge < -0.3 is 14.5 Å². The summed E-state index contributed by atoms with van der Waals surface area (Å²) in [5.74, 6) is -0.134. The fraction of sp³-hybridized carbons (Fsp3) is 0.400. The van der Waals surface area contributed by atoms with Gasteiger partial charge in [0.15, 0.2) is 0 Å². The molecule has 0 amide bonds. The molecule has 1 saturated heterocycles. The van der Waals surface area contributed by atoms with E-state index in [0.29, 0.717) is 9.39 Å². The molecule has 0 atom stereocenters. The van der Waals surface area contributed by atoms with E-state index in [1.165, 1.54) is 24.3 Å². The SMILES string of the molecule is Cc1ccc(N(Cl)S(=O)(=O)c2ccc(C)c(N3CCN(C)CC3)c2)cc1OC(F)F. The molecular formula is C20H24ClF2N3O3S. The van der Waals surface area contributed by atoms with Gasteiger partial charge in [0.05, 0.1) is 10.6 Å². The molecule has 6 nitrogen and oxygen atoms in total. The Morgan fingerprint density at radius 3 is 2.30 bits per heavy atom. The van der Waals surface area contributed by atoms with E-state index >= 15 is 0 Å². The minimum Gasteiger partial charge on any atom is -0.434 e. The summed E-state index contributed by atoms with van der Waals surface area (Å²) in [7, 11) is -2.07. The molecule has 10 heteroatoms. The van der Waals surface area contributed by atoms with Crippen LogP contribution in [0, 0.1) is 13.8 Å². The Balaban J connectivity index is 1.92. The number of hydrogen-bond donors (Lipinski definition) is 0. The number of halogens is 3. The second-order valence-corrected chi connectivity index (χ2v) is 9.61. The number of anilines is 2. The standard InChI is InChI=1S/C20H24ClF2N3O3S/c1-14-5-7-17(13-18(14)25-10-8-24(3)9-11-25)30(27,28)26(21)16-6-4-15(2)19(12-16)29-20(22)23/h4-7,12-13,20H,8-11H2,1-3H3. The molecule has 0 radical (unpaired) electrons. The number of nitrogens with zero attached hydrogens (tertiary/aromatic N) is 3. The van der Waals surface area contributed by atoms with Crippen molar-refractivity contribution in [3.63, 3.8) is 0 Å². The Kier molecular flexibility index (Phi) is 6.74. The minimum atomic E-state index is -4.12. The molecule has 0 N–H and O–H groups in total. The van der Waals surface area contributed by atoms with Crippen LogP contribution in [0.1, 0.15) is 11.1 Å². The summed E-state index contributed by atoms with van der Waals surface area (Å²) in [6.07, 6.45) is 0. The van der Waals surface area contributed by atoms with E-state index < -0.39 is 16.6 Å². The number of benzene rings is 2. The zero-order valence-corrected chi connectivity index (χ0v) is 18.6. The van der Waals surface area contributed by atoms with Gasteiger partial charge in [-0.05, 0) is 50.2 Å². The molecule has 0 saturated carbocycles. The van der Waals surface area contributed by atoms with Crippen LogP contribution in [0.5, 0.6) is 5.75 Å². The number of sulfonamides is 1. The Morgan fingerprint density at radius 2 is 1.67 bits per heavy atom. The number of ether oxygens (including phenoxy) is 1. The zero-order valence-electron chi connectivity index (χ0n) is 17.0. The first-order valence-corrected chi connectivity index (χ1v) is 11.2. The van der Waals surface area contributed by atoms with E-state index in [-0.39, 0.29) is 16.3 Å². The molecule has 1 aliphatic rings. The van der Waals surface area contributed by atoms with Crippen molar-refractivity contribution in [2.75, 3.05) is 42.0 Å². The van der Waals surface area contributed by atoms with Crippen molar-refractivity contribution >= 4 is 33.2 Å². The third-order valence-corrected chi connectivity index (χ3v) is 7.35. The summed E-state index contributed by atoms with van der Waals surface area (Å²) in [4.78, 5) is 4.38. The maximum Gasteiger partial charge on any atom is 0.387 e. The first-order chi connectivity index (χ1) is 14.1. The molecule has 0 aliphatic carbocycles. The topological polar surface area (TPSA) is 53.1 Å². The lowest BCUT2D eigenvalue weighted by Gasteiger charge is -2.35. The van der Waals surface area contributed by atoms with Crippen LogP contribution in [0.4, 0.5) is 20.2 Å². The van der Waals surface area contributed by atoms with Gasteiger partial charge in [0.25, 0.3) is 10.0 Å². The molecule has 30 heavy (non-hydrogen) atoms. The fourth-order valence-corrected chi connectivity index (χ4v) is 4.71. The van der Waals surface area contributed by atoms with Gasteiger partial charge in [0, 0.05) is 49.7 Å².